The van der Waals surface area contributed by atoms with Crippen molar-refractivity contribution in [1.29, 1.82) is 0 Å². The second kappa shape index (κ2) is 6.53. The molecule has 3 N–H and O–H groups in total. The molecule has 0 spiro atoms. The van der Waals surface area contributed by atoms with Crippen LogP contribution in [0.1, 0.15) is 26.5 Å². The van der Waals surface area contributed by atoms with Gasteiger partial charge in [-0.25, -0.2) is 0 Å². The fraction of sp³-hybridized carbons (Fsp3) is 0.100. The van der Waals surface area contributed by atoms with Gasteiger partial charge in [0.2, 0.25) is 0 Å². The van der Waals surface area contributed by atoms with Crippen molar-refractivity contribution >= 4 is 33.7 Å². The first-order valence-electron chi connectivity index (χ1n) is 8.32. The van der Waals surface area contributed by atoms with Crippen LogP contribution in [0.25, 0.3) is 21.9 Å². The van der Waals surface area contributed by atoms with Gasteiger partial charge in [-0.3, -0.25) is 20.4 Å². The summed E-state index contributed by atoms with van der Waals surface area (Å²) in [6, 6.07) is 12.7. The lowest BCUT2D eigenvalue weighted by Gasteiger charge is -2.05. The quantitative estimate of drug-likeness (QED) is 0.487. The van der Waals surface area contributed by atoms with E-state index in [2.05, 4.69) is 15.8 Å². The number of aryl methyl sites for hydroxylation is 1. The minimum Gasteiger partial charge on any atom is -0.497 e. The summed E-state index contributed by atoms with van der Waals surface area (Å²) in [6.45, 7) is 1.78. The van der Waals surface area contributed by atoms with E-state index in [4.69, 9.17) is 9.15 Å². The van der Waals surface area contributed by atoms with E-state index in [1.807, 2.05) is 24.3 Å². The molecule has 0 aliphatic carbocycles. The van der Waals surface area contributed by atoms with Crippen molar-refractivity contribution in [2.45, 2.75) is 6.92 Å². The topological polar surface area (TPSA) is 96.4 Å². The number of hydrazine groups is 1. The lowest BCUT2D eigenvalue weighted by molar-refractivity contribution is 0.0832. The Labute approximate surface area is 154 Å². The molecule has 7 heteroatoms. The van der Waals surface area contributed by atoms with E-state index in [1.54, 1.807) is 38.4 Å². The van der Waals surface area contributed by atoms with E-state index in [0.717, 1.165) is 16.3 Å². The molecule has 2 heterocycles. The van der Waals surface area contributed by atoms with Gasteiger partial charge in [0.05, 0.1) is 12.7 Å². The molecule has 0 fully saturated rings. The van der Waals surface area contributed by atoms with Crippen LogP contribution in [-0.4, -0.2) is 23.9 Å². The Morgan fingerprint density at radius 2 is 1.81 bits per heavy atom. The Balaban J connectivity index is 1.53. The second-order valence-corrected chi connectivity index (χ2v) is 6.07. The highest BCUT2D eigenvalue weighted by atomic mass is 16.5. The van der Waals surface area contributed by atoms with E-state index in [0.29, 0.717) is 22.5 Å². The molecule has 7 nitrogen and oxygen atoms in total. The molecular formula is C20H17N3O4. The molecule has 2 aromatic carbocycles. The van der Waals surface area contributed by atoms with Gasteiger partial charge in [-0.1, -0.05) is 18.2 Å². The van der Waals surface area contributed by atoms with Crippen molar-refractivity contribution in [3.8, 4) is 5.75 Å². The van der Waals surface area contributed by atoms with Gasteiger partial charge in [-0.2, -0.15) is 0 Å². The highest BCUT2D eigenvalue weighted by Gasteiger charge is 2.19. The maximum atomic E-state index is 12.5. The van der Waals surface area contributed by atoms with Gasteiger partial charge in [0.15, 0.2) is 5.76 Å². The summed E-state index contributed by atoms with van der Waals surface area (Å²) >= 11 is 0. The summed E-state index contributed by atoms with van der Waals surface area (Å²) < 4.78 is 10.8. The standard InChI is InChI=1S/C20H17N3O4/c1-11-14-9-12(26-2)7-8-17(14)27-18(11)20(25)23-22-19(24)15-10-21-16-6-4-3-5-13(15)16/h3-10,21H,1-2H3,(H,22,24)(H,23,25). The van der Waals surface area contributed by atoms with Gasteiger partial charge in [0.1, 0.15) is 11.3 Å². The van der Waals surface area contributed by atoms with Crippen molar-refractivity contribution in [1.82, 2.24) is 15.8 Å². The summed E-state index contributed by atoms with van der Waals surface area (Å²) in [5.74, 6) is -0.143. The molecule has 0 aliphatic heterocycles. The van der Waals surface area contributed by atoms with Crippen molar-refractivity contribution in [3.05, 3.63) is 65.5 Å². The van der Waals surface area contributed by atoms with Crippen molar-refractivity contribution in [3.63, 3.8) is 0 Å². The Morgan fingerprint density at radius 1 is 1.04 bits per heavy atom. The lowest BCUT2D eigenvalue weighted by Crippen LogP contribution is -2.41. The number of furan rings is 1. The molecule has 136 valence electrons. The van der Waals surface area contributed by atoms with Crippen molar-refractivity contribution in [2.75, 3.05) is 7.11 Å². The number of nitrogens with one attached hydrogen (secondary N) is 3. The minimum absolute atomic E-state index is 0.137. The molecule has 27 heavy (non-hydrogen) atoms. The number of aromatic amines is 1. The number of fused-ring (bicyclic) bond motifs is 2. The number of carbonyl (C=O) groups is 2. The number of aromatic nitrogens is 1. The van der Waals surface area contributed by atoms with Crippen molar-refractivity contribution < 1.29 is 18.7 Å². The predicted molar refractivity (Wildman–Crippen MR) is 101 cm³/mol. The number of rotatable bonds is 3. The maximum Gasteiger partial charge on any atom is 0.305 e. The van der Waals surface area contributed by atoms with Gasteiger partial charge in [-0.05, 0) is 31.2 Å². The molecule has 2 aromatic heterocycles. The zero-order chi connectivity index (χ0) is 19.0. The maximum absolute atomic E-state index is 12.5. The largest absolute Gasteiger partial charge is 0.497 e. The van der Waals surface area contributed by atoms with E-state index >= 15 is 0 Å². The first-order valence-corrected chi connectivity index (χ1v) is 8.32. The van der Waals surface area contributed by atoms with Crippen LogP contribution in [0.5, 0.6) is 5.75 Å². The van der Waals surface area contributed by atoms with Crippen LogP contribution in [0.15, 0.2) is 53.1 Å². The molecule has 0 radical (unpaired) electrons. The molecule has 2 amide bonds. The Kier molecular flexibility index (Phi) is 4.04. The molecular weight excluding hydrogens is 346 g/mol. The molecule has 0 aliphatic rings. The van der Waals surface area contributed by atoms with E-state index < -0.39 is 11.8 Å². The molecule has 0 saturated carbocycles. The SMILES string of the molecule is COc1ccc2oc(C(=O)NNC(=O)c3c[nH]c4ccccc34)c(C)c2c1. The van der Waals surface area contributed by atoms with E-state index in [9.17, 15) is 9.59 Å². The Hall–Kier alpha value is -3.74. The number of amides is 2. The zero-order valence-electron chi connectivity index (χ0n) is 14.8. The number of hydrogen-bond donors (Lipinski definition) is 3. The van der Waals surface area contributed by atoms with E-state index in [1.165, 1.54) is 0 Å². The van der Waals surface area contributed by atoms with Gasteiger partial charge in [-0.15, -0.1) is 0 Å². The third-order valence-electron chi connectivity index (χ3n) is 4.47. The first kappa shape index (κ1) is 16.7. The minimum atomic E-state index is -0.532. The normalized spacial score (nSPS) is 10.9. The van der Waals surface area contributed by atoms with Gasteiger partial charge < -0.3 is 14.1 Å². The number of carbonyl (C=O) groups excluding carboxylic acids is 2. The van der Waals surface area contributed by atoms with E-state index in [-0.39, 0.29) is 5.76 Å². The molecule has 4 aromatic rings. The molecule has 0 saturated heterocycles. The molecule has 0 atom stereocenters. The van der Waals surface area contributed by atoms with Gasteiger partial charge in [0.25, 0.3) is 5.91 Å². The van der Waals surface area contributed by atoms with Crippen LogP contribution in [0.3, 0.4) is 0 Å². The average Bonchev–Trinajstić information content (AvgIpc) is 3.27. The van der Waals surface area contributed by atoms with Crippen molar-refractivity contribution in [2.24, 2.45) is 0 Å². The second-order valence-electron chi connectivity index (χ2n) is 6.07. The third kappa shape index (κ3) is 2.89. The summed E-state index contributed by atoms with van der Waals surface area (Å²) in [6.07, 6.45) is 1.60. The molecule has 0 bridgehead atoms. The van der Waals surface area contributed by atoms with Crippen LogP contribution in [-0.2, 0) is 0 Å². The monoisotopic (exact) mass is 363 g/mol. The fourth-order valence-electron chi connectivity index (χ4n) is 3.04. The highest BCUT2D eigenvalue weighted by molar-refractivity contribution is 6.08. The smallest absolute Gasteiger partial charge is 0.305 e. The number of hydrogen-bond acceptors (Lipinski definition) is 4. The summed E-state index contributed by atoms with van der Waals surface area (Å²) in [7, 11) is 1.57. The molecule has 4 rings (SSSR count). The lowest BCUT2D eigenvalue weighted by atomic mass is 10.1. The van der Waals surface area contributed by atoms with Crippen LogP contribution in [0.2, 0.25) is 0 Å². The summed E-state index contributed by atoms with van der Waals surface area (Å²) in [5.41, 5.74) is 7.36. The van der Waals surface area contributed by atoms with Gasteiger partial charge >= 0.3 is 5.91 Å². The predicted octanol–water partition coefficient (Wildman–Crippen LogP) is 3.31. The fourth-order valence-corrected chi connectivity index (χ4v) is 3.04. The third-order valence-corrected chi connectivity index (χ3v) is 4.47. The van der Waals surface area contributed by atoms with Crippen LogP contribution < -0.4 is 15.6 Å². The van der Waals surface area contributed by atoms with Gasteiger partial charge in [0, 0.05) is 28.0 Å². The number of benzene rings is 2. The zero-order valence-corrected chi connectivity index (χ0v) is 14.8. The van der Waals surface area contributed by atoms with Crippen LogP contribution in [0.4, 0.5) is 0 Å². The Morgan fingerprint density at radius 3 is 2.63 bits per heavy atom. The number of methoxy groups -OCH3 is 1. The number of ether oxygens (including phenoxy) is 1. The first-order chi connectivity index (χ1) is 13.1. The summed E-state index contributed by atoms with van der Waals surface area (Å²) in [4.78, 5) is 27.9. The highest BCUT2D eigenvalue weighted by Crippen LogP contribution is 2.28. The number of H-pyrrole nitrogens is 1. The summed E-state index contributed by atoms with van der Waals surface area (Å²) in [5, 5.41) is 1.55. The Bertz CT molecular complexity index is 1170. The molecule has 0 unspecified atom stereocenters. The van der Waals surface area contributed by atoms with Crippen LogP contribution in [0, 0.1) is 6.92 Å². The number of para-hydroxylation sites is 1. The average molecular weight is 363 g/mol. The van der Waals surface area contributed by atoms with Crippen LogP contribution >= 0.6 is 0 Å².